The normalized spacial score (nSPS) is 12.3. The summed E-state index contributed by atoms with van der Waals surface area (Å²) < 4.78 is 0. The summed E-state index contributed by atoms with van der Waals surface area (Å²) in [6.07, 6.45) is 0.983. The first kappa shape index (κ1) is 13.2. The predicted molar refractivity (Wildman–Crippen MR) is 79.7 cm³/mol. The Morgan fingerprint density at radius 2 is 1.67 bits per heavy atom. The average molecular weight is 257 g/mol. The Labute approximate surface area is 113 Å². The van der Waals surface area contributed by atoms with Gasteiger partial charge in [0, 0.05) is 16.7 Å². The molecule has 0 saturated carbocycles. The third-order valence-corrected chi connectivity index (χ3v) is 4.08. The van der Waals surface area contributed by atoms with Gasteiger partial charge >= 0.3 is 0 Å². The van der Waals surface area contributed by atoms with Gasteiger partial charge in [-0.3, -0.25) is 0 Å². The van der Waals surface area contributed by atoms with Crippen molar-refractivity contribution >= 4 is 11.8 Å². The molecule has 1 atom stereocenters. The summed E-state index contributed by atoms with van der Waals surface area (Å²) in [5, 5.41) is 0. The van der Waals surface area contributed by atoms with E-state index in [0.717, 1.165) is 12.2 Å². The molecule has 0 unspecified atom stereocenters. The van der Waals surface area contributed by atoms with Gasteiger partial charge in [-0.15, -0.1) is 11.8 Å². The van der Waals surface area contributed by atoms with Gasteiger partial charge in [0.25, 0.3) is 0 Å². The fraction of sp³-hybridized carbons (Fsp3) is 0.250. The van der Waals surface area contributed by atoms with Crippen LogP contribution in [0.1, 0.15) is 30.5 Å². The van der Waals surface area contributed by atoms with E-state index in [2.05, 4.69) is 61.5 Å². The Balaban J connectivity index is 1.94. The molecular formula is C16H19NS. The predicted octanol–water partition coefficient (Wildman–Crippen LogP) is 4.39. The van der Waals surface area contributed by atoms with Crippen molar-refractivity contribution in [3.63, 3.8) is 0 Å². The molecule has 0 aliphatic carbocycles. The van der Waals surface area contributed by atoms with Crippen molar-refractivity contribution in [3.8, 4) is 0 Å². The number of benzene rings is 2. The van der Waals surface area contributed by atoms with Crippen LogP contribution in [-0.2, 0) is 5.75 Å². The van der Waals surface area contributed by atoms with Gasteiger partial charge in [-0.2, -0.15) is 0 Å². The monoisotopic (exact) mass is 257 g/mol. The molecule has 0 heterocycles. The maximum atomic E-state index is 6.00. The number of nitrogens with two attached hydrogens (primary N) is 1. The fourth-order valence-corrected chi connectivity index (χ4v) is 2.64. The second-order valence-electron chi connectivity index (χ2n) is 4.36. The van der Waals surface area contributed by atoms with Crippen LogP contribution in [0.3, 0.4) is 0 Å². The zero-order valence-electron chi connectivity index (χ0n) is 10.7. The molecule has 0 aliphatic rings. The summed E-state index contributed by atoms with van der Waals surface area (Å²) >= 11 is 1.86. The van der Waals surface area contributed by atoms with E-state index in [1.54, 1.807) is 0 Å². The Bertz CT molecular complexity index is 464. The van der Waals surface area contributed by atoms with E-state index < -0.39 is 0 Å². The third kappa shape index (κ3) is 3.62. The van der Waals surface area contributed by atoms with Crippen LogP contribution in [0.15, 0.2) is 59.5 Å². The highest BCUT2D eigenvalue weighted by atomic mass is 32.2. The fourth-order valence-electron chi connectivity index (χ4n) is 1.79. The first-order chi connectivity index (χ1) is 8.79. The quantitative estimate of drug-likeness (QED) is 0.804. The average Bonchev–Trinajstić information content (AvgIpc) is 2.46. The van der Waals surface area contributed by atoms with Crippen LogP contribution in [0, 0.1) is 0 Å². The Morgan fingerprint density at radius 3 is 2.28 bits per heavy atom. The molecule has 0 spiro atoms. The van der Waals surface area contributed by atoms with Crippen molar-refractivity contribution in [2.75, 3.05) is 0 Å². The minimum absolute atomic E-state index is 0.165. The smallest absolute Gasteiger partial charge is 0.0292 e. The van der Waals surface area contributed by atoms with Gasteiger partial charge in [-0.1, -0.05) is 49.4 Å². The first-order valence-corrected chi connectivity index (χ1v) is 7.30. The summed E-state index contributed by atoms with van der Waals surface area (Å²) in [5.41, 5.74) is 8.58. The van der Waals surface area contributed by atoms with Gasteiger partial charge in [0.1, 0.15) is 0 Å². The highest BCUT2D eigenvalue weighted by Crippen LogP contribution is 2.24. The molecule has 0 fully saturated rings. The van der Waals surface area contributed by atoms with E-state index in [0.29, 0.717) is 0 Å². The highest BCUT2D eigenvalue weighted by molar-refractivity contribution is 7.98. The SMILES string of the molecule is CC[C@H](N)c1ccc(SCc2ccccc2)cc1. The molecule has 2 aromatic carbocycles. The molecule has 2 rings (SSSR count). The lowest BCUT2D eigenvalue weighted by molar-refractivity contribution is 0.698. The van der Waals surface area contributed by atoms with Crippen molar-refractivity contribution in [1.29, 1.82) is 0 Å². The molecule has 0 bridgehead atoms. The van der Waals surface area contributed by atoms with E-state index in [4.69, 9.17) is 5.73 Å². The van der Waals surface area contributed by atoms with E-state index in [1.807, 2.05) is 11.8 Å². The standard InChI is InChI=1S/C16H19NS/c1-2-16(17)14-8-10-15(11-9-14)18-12-13-6-4-3-5-7-13/h3-11,16H,2,12,17H2,1H3/t16-/m0/s1. The van der Waals surface area contributed by atoms with Gasteiger partial charge < -0.3 is 5.73 Å². The lowest BCUT2D eigenvalue weighted by atomic mass is 10.1. The summed E-state index contributed by atoms with van der Waals surface area (Å²) in [7, 11) is 0. The molecular weight excluding hydrogens is 238 g/mol. The van der Waals surface area contributed by atoms with Crippen molar-refractivity contribution < 1.29 is 0 Å². The largest absolute Gasteiger partial charge is 0.324 e. The second kappa shape index (κ2) is 6.62. The van der Waals surface area contributed by atoms with Crippen molar-refractivity contribution in [3.05, 3.63) is 65.7 Å². The molecule has 0 saturated heterocycles. The van der Waals surface area contributed by atoms with Gasteiger partial charge in [0.05, 0.1) is 0 Å². The molecule has 94 valence electrons. The minimum atomic E-state index is 0.165. The maximum Gasteiger partial charge on any atom is 0.0292 e. The molecule has 18 heavy (non-hydrogen) atoms. The number of hydrogen-bond donors (Lipinski definition) is 1. The summed E-state index contributed by atoms with van der Waals surface area (Å²) in [6, 6.07) is 19.3. The molecule has 0 aromatic heterocycles. The Kier molecular flexibility index (Phi) is 4.85. The molecule has 0 radical (unpaired) electrons. The van der Waals surface area contributed by atoms with Gasteiger partial charge in [0.15, 0.2) is 0 Å². The van der Waals surface area contributed by atoms with Gasteiger partial charge in [-0.05, 0) is 29.7 Å². The summed E-state index contributed by atoms with van der Waals surface area (Å²) in [6.45, 7) is 2.11. The molecule has 2 N–H and O–H groups in total. The van der Waals surface area contributed by atoms with Crippen molar-refractivity contribution in [2.45, 2.75) is 30.0 Å². The van der Waals surface area contributed by atoms with Crippen LogP contribution in [0.2, 0.25) is 0 Å². The van der Waals surface area contributed by atoms with E-state index in [1.165, 1.54) is 16.0 Å². The third-order valence-electron chi connectivity index (χ3n) is 3.00. The van der Waals surface area contributed by atoms with Crippen molar-refractivity contribution in [2.24, 2.45) is 5.73 Å². The van der Waals surface area contributed by atoms with Crippen LogP contribution < -0.4 is 5.73 Å². The Hall–Kier alpha value is -1.25. The molecule has 2 aromatic rings. The van der Waals surface area contributed by atoms with Crippen LogP contribution in [0.4, 0.5) is 0 Å². The number of hydrogen-bond acceptors (Lipinski definition) is 2. The second-order valence-corrected chi connectivity index (χ2v) is 5.41. The van der Waals surface area contributed by atoms with Crippen LogP contribution in [-0.4, -0.2) is 0 Å². The van der Waals surface area contributed by atoms with Gasteiger partial charge in [-0.25, -0.2) is 0 Å². The number of rotatable bonds is 5. The van der Waals surface area contributed by atoms with E-state index in [9.17, 15) is 0 Å². The molecule has 0 aliphatic heterocycles. The topological polar surface area (TPSA) is 26.0 Å². The van der Waals surface area contributed by atoms with Gasteiger partial charge in [0.2, 0.25) is 0 Å². The highest BCUT2D eigenvalue weighted by Gasteiger charge is 2.02. The van der Waals surface area contributed by atoms with E-state index >= 15 is 0 Å². The summed E-state index contributed by atoms with van der Waals surface area (Å²) in [5.74, 6) is 1.01. The molecule has 0 amide bonds. The zero-order valence-corrected chi connectivity index (χ0v) is 11.5. The van der Waals surface area contributed by atoms with Crippen LogP contribution in [0.5, 0.6) is 0 Å². The number of thioether (sulfide) groups is 1. The molecule has 1 nitrogen and oxygen atoms in total. The molecule has 2 heteroatoms. The minimum Gasteiger partial charge on any atom is -0.324 e. The lowest BCUT2D eigenvalue weighted by Gasteiger charge is -2.09. The Morgan fingerprint density at radius 1 is 1.00 bits per heavy atom. The summed E-state index contributed by atoms with van der Waals surface area (Å²) in [4.78, 5) is 1.30. The van der Waals surface area contributed by atoms with Crippen LogP contribution >= 0.6 is 11.8 Å². The zero-order chi connectivity index (χ0) is 12.8. The maximum absolute atomic E-state index is 6.00. The lowest BCUT2D eigenvalue weighted by Crippen LogP contribution is -2.07. The first-order valence-electron chi connectivity index (χ1n) is 6.32. The van der Waals surface area contributed by atoms with E-state index in [-0.39, 0.29) is 6.04 Å². The van der Waals surface area contributed by atoms with Crippen LogP contribution in [0.25, 0.3) is 0 Å². The van der Waals surface area contributed by atoms with Crippen molar-refractivity contribution in [1.82, 2.24) is 0 Å².